The van der Waals surface area contributed by atoms with E-state index in [0.717, 1.165) is 9.13 Å². The average Bonchev–Trinajstić information content (AvgIpc) is 2.52. The van der Waals surface area contributed by atoms with E-state index in [0.29, 0.717) is 28.9 Å². The fourth-order valence-corrected chi connectivity index (χ4v) is 2.84. The number of hydrogen-bond donors (Lipinski definition) is 3. The second-order valence-electron chi connectivity index (χ2n) is 5.15. The summed E-state index contributed by atoms with van der Waals surface area (Å²) in [4.78, 5) is 24.0. The summed E-state index contributed by atoms with van der Waals surface area (Å²) in [6.45, 7) is 0.560. The van der Waals surface area contributed by atoms with Gasteiger partial charge in [-0.2, -0.15) is 0 Å². The summed E-state index contributed by atoms with van der Waals surface area (Å²) in [6.07, 6.45) is 1.65. The number of nitrogens with one attached hydrogen (secondary N) is 2. The predicted octanol–water partition coefficient (Wildman–Crippen LogP) is 2.27. The van der Waals surface area contributed by atoms with Crippen molar-refractivity contribution >= 4 is 45.7 Å². The van der Waals surface area contributed by atoms with Crippen molar-refractivity contribution in [1.82, 2.24) is 10.6 Å². The first-order valence-corrected chi connectivity index (χ1v) is 8.06. The van der Waals surface area contributed by atoms with E-state index in [1.807, 2.05) is 36.4 Å². The number of carbonyl (C=O) groups excluding carboxylic acids is 2. The summed E-state index contributed by atoms with van der Waals surface area (Å²) < 4.78 is 0.966. The Bertz CT molecular complexity index is 813. The van der Waals surface area contributed by atoms with Crippen LogP contribution >= 0.6 is 22.6 Å². The molecule has 0 saturated carbocycles. The molecule has 1 aliphatic rings. The van der Waals surface area contributed by atoms with Crippen LogP contribution in [0.4, 0.5) is 5.69 Å². The van der Waals surface area contributed by atoms with Crippen molar-refractivity contribution < 1.29 is 9.59 Å². The molecule has 0 atom stereocenters. The van der Waals surface area contributed by atoms with Gasteiger partial charge in [0.25, 0.3) is 11.8 Å². The lowest BCUT2D eigenvalue weighted by Crippen LogP contribution is -2.37. The summed E-state index contributed by atoms with van der Waals surface area (Å²) in [5.41, 5.74) is 9.02. The van der Waals surface area contributed by atoms with Gasteiger partial charge in [0.15, 0.2) is 0 Å². The molecule has 116 valence electrons. The van der Waals surface area contributed by atoms with Gasteiger partial charge in [0.05, 0.1) is 5.57 Å². The molecule has 5 nitrogen and oxygen atoms in total. The van der Waals surface area contributed by atoms with E-state index in [1.54, 1.807) is 12.3 Å². The third-order valence-electron chi connectivity index (χ3n) is 3.52. The van der Waals surface area contributed by atoms with Crippen LogP contribution in [0, 0.1) is 3.57 Å². The standard InChI is InChI=1S/C17H14IN3O2/c18-11-3-6-13-14(7-11)15(17(23)21-16(13)22)9-20-8-10-1-4-12(19)5-2-10/h1-7,9,20H,8,19H2,(H,21,22,23). The zero-order chi connectivity index (χ0) is 16.4. The number of fused-ring (bicyclic) bond motifs is 1. The number of nitrogen functional groups attached to an aromatic ring is 1. The zero-order valence-electron chi connectivity index (χ0n) is 12.1. The summed E-state index contributed by atoms with van der Waals surface area (Å²) in [5.74, 6) is -0.758. The third-order valence-corrected chi connectivity index (χ3v) is 4.19. The number of hydrogen-bond acceptors (Lipinski definition) is 4. The Morgan fingerprint density at radius 1 is 1.04 bits per heavy atom. The van der Waals surface area contributed by atoms with Gasteiger partial charge in [0.2, 0.25) is 0 Å². The molecule has 2 aromatic carbocycles. The van der Waals surface area contributed by atoms with Gasteiger partial charge in [-0.25, -0.2) is 0 Å². The average molecular weight is 419 g/mol. The molecular weight excluding hydrogens is 405 g/mol. The van der Waals surface area contributed by atoms with Crippen LogP contribution in [0.3, 0.4) is 0 Å². The fraction of sp³-hybridized carbons (Fsp3) is 0.0588. The minimum atomic E-state index is -0.394. The Morgan fingerprint density at radius 2 is 1.78 bits per heavy atom. The SMILES string of the molecule is Nc1ccc(CNC=C2C(=O)NC(=O)c3ccc(I)cc32)cc1. The number of benzene rings is 2. The fourth-order valence-electron chi connectivity index (χ4n) is 2.35. The molecule has 2 aromatic rings. The van der Waals surface area contributed by atoms with E-state index >= 15 is 0 Å². The zero-order valence-corrected chi connectivity index (χ0v) is 14.3. The van der Waals surface area contributed by atoms with E-state index in [4.69, 9.17) is 5.73 Å². The van der Waals surface area contributed by atoms with Gasteiger partial charge in [-0.1, -0.05) is 12.1 Å². The largest absolute Gasteiger partial charge is 0.399 e. The van der Waals surface area contributed by atoms with Gasteiger partial charge in [0, 0.05) is 33.1 Å². The van der Waals surface area contributed by atoms with E-state index < -0.39 is 5.91 Å². The van der Waals surface area contributed by atoms with Crippen molar-refractivity contribution in [2.75, 3.05) is 5.73 Å². The molecule has 0 aromatic heterocycles. The minimum absolute atomic E-state index is 0.364. The van der Waals surface area contributed by atoms with Crippen LogP contribution in [-0.2, 0) is 11.3 Å². The maximum Gasteiger partial charge on any atom is 0.260 e. The second kappa shape index (κ2) is 6.41. The van der Waals surface area contributed by atoms with Crippen LogP contribution in [0.25, 0.3) is 5.57 Å². The maximum atomic E-state index is 12.1. The topological polar surface area (TPSA) is 84.2 Å². The first-order valence-electron chi connectivity index (χ1n) is 6.98. The van der Waals surface area contributed by atoms with E-state index in [-0.39, 0.29) is 5.91 Å². The highest BCUT2D eigenvalue weighted by Gasteiger charge is 2.27. The van der Waals surface area contributed by atoms with Crippen LogP contribution in [0.1, 0.15) is 21.5 Å². The molecule has 0 fully saturated rings. The number of amides is 2. The molecule has 2 amide bonds. The van der Waals surface area contributed by atoms with E-state index in [2.05, 4.69) is 33.2 Å². The Balaban J connectivity index is 1.85. The van der Waals surface area contributed by atoms with Crippen LogP contribution in [-0.4, -0.2) is 11.8 Å². The lowest BCUT2D eigenvalue weighted by atomic mass is 9.96. The molecule has 0 spiro atoms. The monoisotopic (exact) mass is 419 g/mol. The van der Waals surface area contributed by atoms with Crippen molar-refractivity contribution in [2.24, 2.45) is 0 Å². The van der Waals surface area contributed by atoms with Crippen molar-refractivity contribution in [2.45, 2.75) is 6.54 Å². The predicted molar refractivity (Wildman–Crippen MR) is 97.3 cm³/mol. The molecule has 1 aliphatic heterocycles. The van der Waals surface area contributed by atoms with Crippen LogP contribution in [0.5, 0.6) is 0 Å². The quantitative estimate of drug-likeness (QED) is 0.309. The number of carbonyl (C=O) groups is 2. The highest BCUT2D eigenvalue weighted by atomic mass is 127. The van der Waals surface area contributed by atoms with Crippen LogP contribution in [0.2, 0.25) is 0 Å². The first-order chi connectivity index (χ1) is 11.0. The summed E-state index contributed by atoms with van der Waals surface area (Å²) in [6, 6.07) is 12.9. The van der Waals surface area contributed by atoms with E-state index in [1.165, 1.54) is 0 Å². The number of halogens is 1. The molecule has 4 N–H and O–H groups in total. The van der Waals surface area contributed by atoms with Gasteiger partial charge in [-0.05, 0) is 58.5 Å². The number of nitrogens with two attached hydrogens (primary N) is 1. The second-order valence-corrected chi connectivity index (χ2v) is 6.40. The summed E-state index contributed by atoms with van der Waals surface area (Å²) >= 11 is 2.16. The van der Waals surface area contributed by atoms with Crippen molar-refractivity contribution in [3.8, 4) is 0 Å². The molecule has 6 heteroatoms. The van der Waals surface area contributed by atoms with Crippen molar-refractivity contribution in [3.63, 3.8) is 0 Å². The van der Waals surface area contributed by atoms with Gasteiger partial charge in [-0.15, -0.1) is 0 Å². The molecule has 0 unspecified atom stereocenters. The van der Waals surface area contributed by atoms with Crippen LogP contribution in [0.15, 0.2) is 48.7 Å². The Labute approximate surface area is 147 Å². The van der Waals surface area contributed by atoms with Crippen LogP contribution < -0.4 is 16.4 Å². The normalized spacial score (nSPS) is 15.3. The van der Waals surface area contributed by atoms with Gasteiger partial charge in [-0.3, -0.25) is 14.9 Å². The molecule has 3 rings (SSSR count). The van der Waals surface area contributed by atoms with Crippen molar-refractivity contribution in [3.05, 3.63) is 68.9 Å². The smallest absolute Gasteiger partial charge is 0.260 e. The molecule has 0 radical (unpaired) electrons. The van der Waals surface area contributed by atoms with E-state index in [9.17, 15) is 9.59 Å². The molecule has 1 heterocycles. The Morgan fingerprint density at radius 3 is 2.52 bits per heavy atom. The van der Waals surface area contributed by atoms with Crippen molar-refractivity contribution in [1.29, 1.82) is 0 Å². The number of rotatable bonds is 3. The highest BCUT2D eigenvalue weighted by molar-refractivity contribution is 14.1. The number of imide groups is 1. The lowest BCUT2D eigenvalue weighted by molar-refractivity contribution is -0.114. The lowest BCUT2D eigenvalue weighted by Gasteiger charge is -2.18. The highest BCUT2D eigenvalue weighted by Crippen LogP contribution is 2.25. The molecular formula is C17H14IN3O2. The maximum absolute atomic E-state index is 12.1. The molecule has 0 aliphatic carbocycles. The van der Waals surface area contributed by atoms with Gasteiger partial charge in [0.1, 0.15) is 0 Å². The minimum Gasteiger partial charge on any atom is -0.399 e. The third kappa shape index (κ3) is 3.37. The van der Waals surface area contributed by atoms with Gasteiger partial charge >= 0.3 is 0 Å². The molecule has 0 bridgehead atoms. The first kappa shape index (κ1) is 15.5. The van der Waals surface area contributed by atoms with Gasteiger partial charge < -0.3 is 11.1 Å². The molecule has 23 heavy (non-hydrogen) atoms. The summed E-state index contributed by atoms with van der Waals surface area (Å²) in [7, 11) is 0. The Kier molecular flexibility index (Phi) is 4.33. The summed E-state index contributed by atoms with van der Waals surface area (Å²) in [5, 5.41) is 5.48. The number of anilines is 1. The Hall–Kier alpha value is -2.35. The molecule has 0 saturated heterocycles.